The van der Waals surface area contributed by atoms with E-state index >= 15 is 0 Å². The lowest BCUT2D eigenvalue weighted by Crippen LogP contribution is -2.47. The van der Waals surface area contributed by atoms with Crippen LogP contribution in [-0.2, 0) is 4.74 Å². The summed E-state index contributed by atoms with van der Waals surface area (Å²) in [6, 6.07) is 2.07. The summed E-state index contributed by atoms with van der Waals surface area (Å²) in [5.74, 6) is 2.62. The Labute approximate surface area is 153 Å². The largest absolute Gasteiger partial charge is 0.378 e. The van der Waals surface area contributed by atoms with Crippen molar-refractivity contribution < 1.29 is 4.74 Å². The fraction of sp³-hybridized carbons (Fsp3) is 0.556. The Kier molecular flexibility index (Phi) is 4.83. The van der Waals surface area contributed by atoms with Crippen LogP contribution in [0.4, 0.5) is 17.7 Å². The molecule has 2 aliphatic rings. The molecule has 4 rings (SSSR count). The third-order valence-electron chi connectivity index (χ3n) is 4.78. The first-order valence-corrected chi connectivity index (χ1v) is 9.16. The molecule has 4 heterocycles. The summed E-state index contributed by atoms with van der Waals surface area (Å²) in [7, 11) is 0. The molecule has 2 aliphatic heterocycles. The standard InChI is InChI=1S/C18H25N7O/c1-14-12-19-17(20-13-14)24-5-3-23(4-6-24)16-11-15(2)21-18(22-16)25-7-9-26-10-8-25/h11-13H,3-10H2,1-2H3. The third kappa shape index (κ3) is 3.70. The summed E-state index contributed by atoms with van der Waals surface area (Å²) in [6.45, 7) is 10.8. The van der Waals surface area contributed by atoms with E-state index < -0.39 is 0 Å². The zero-order valence-corrected chi connectivity index (χ0v) is 15.4. The highest BCUT2D eigenvalue weighted by molar-refractivity contribution is 5.48. The predicted molar refractivity (Wildman–Crippen MR) is 101 cm³/mol. The van der Waals surface area contributed by atoms with Crippen molar-refractivity contribution in [2.75, 3.05) is 67.2 Å². The monoisotopic (exact) mass is 355 g/mol. The minimum absolute atomic E-state index is 0.738. The first kappa shape index (κ1) is 17.0. The minimum atomic E-state index is 0.738. The molecule has 2 aromatic rings. The normalized spacial score (nSPS) is 18.3. The molecule has 0 spiro atoms. The van der Waals surface area contributed by atoms with Crippen LogP contribution in [0.2, 0.25) is 0 Å². The van der Waals surface area contributed by atoms with E-state index in [-0.39, 0.29) is 0 Å². The van der Waals surface area contributed by atoms with E-state index in [1.165, 1.54) is 0 Å². The van der Waals surface area contributed by atoms with Crippen LogP contribution in [0.15, 0.2) is 18.5 Å². The maximum atomic E-state index is 5.43. The van der Waals surface area contributed by atoms with E-state index in [4.69, 9.17) is 9.72 Å². The number of ether oxygens (including phenoxy) is 1. The second kappa shape index (κ2) is 7.41. The van der Waals surface area contributed by atoms with Gasteiger partial charge in [-0.1, -0.05) is 0 Å². The van der Waals surface area contributed by atoms with Gasteiger partial charge in [-0.25, -0.2) is 15.0 Å². The topological polar surface area (TPSA) is 70.5 Å². The van der Waals surface area contributed by atoms with Gasteiger partial charge in [-0.3, -0.25) is 0 Å². The molecule has 0 amide bonds. The Morgan fingerprint density at radius 2 is 1.38 bits per heavy atom. The molecule has 0 N–H and O–H groups in total. The summed E-state index contributed by atoms with van der Waals surface area (Å²) in [4.78, 5) is 25.1. The smallest absolute Gasteiger partial charge is 0.227 e. The maximum absolute atomic E-state index is 5.43. The van der Waals surface area contributed by atoms with E-state index in [1.807, 2.05) is 26.2 Å². The number of anilines is 3. The van der Waals surface area contributed by atoms with E-state index in [1.54, 1.807) is 0 Å². The molecule has 0 radical (unpaired) electrons. The van der Waals surface area contributed by atoms with Gasteiger partial charge in [0.2, 0.25) is 11.9 Å². The summed E-state index contributed by atoms with van der Waals surface area (Å²) in [5, 5.41) is 0. The molecule has 0 unspecified atom stereocenters. The Bertz CT molecular complexity index is 738. The van der Waals surface area contributed by atoms with Gasteiger partial charge in [-0.05, 0) is 19.4 Å². The van der Waals surface area contributed by atoms with Crippen molar-refractivity contribution in [3.63, 3.8) is 0 Å². The highest BCUT2D eigenvalue weighted by Gasteiger charge is 2.22. The van der Waals surface area contributed by atoms with Crippen LogP contribution in [0.5, 0.6) is 0 Å². The van der Waals surface area contributed by atoms with Crippen LogP contribution in [0.1, 0.15) is 11.3 Å². The number of hydrogen-bond donors (Lipinski definition) is 0. The van der Waals surface area contributed by atoms with Crippen LogP contribution in [0.3, 0.4) is 0 Å². The Morgan fingerprint density at radius 3 is 2.08 bits per heavy atom. The third-order valence-corrected chi connectivity index (χ3v) is 4.78. The number of piperazine rings is 1. The van der Waals surface area contributed by atoms with Crippen LogP contribution in [0, 0.1) is 13.8 Å². The van der Waals surface area contributed by atoms with Crippen molar-refractivity contribution in [1.29, 1.82) is 0 Å². The molecule has 8 heteroatoms. The fourth-order valence-corrected chi connectivity index (χ4v) is 3.29. The number of aromatic nitrogens is 4. The zero-order valence-electron chi connectivity index (χ0n) is 15.4. The van der Waals surface area contributed by atoms with Gasteiger partial charge in [0, 0.05) is 63.4 Å². The van der Waals surface area contributed by atoms with E-state index in [9.17, 15) is 0 Å². The van der Waals surface area contributed by atoms with E-state index in [0.717, 1.165) is 81.5 Å². The molecule has 0 saturated carbocycles. The van der Waals surface area contributed by atoms with Crippen LogP contribution in [0.25, 0.3) is 0 Å². The zero-order chi connectivity index (χ0) is 17.9. The summed E-state index contributed by atoms with van der Waals surface area (Å²) >= 11 is 0. The average molecular weight is 355 g/mol. The van der Waals surface area contributed by atoms with E-state index in [2.05, 4.69) is 35.7 Å². The molecule has 0 aromatic carbocycles. The van der Waals surface area contributed by atoms with Crippen molar-refractivity contribution in [1.82, 2.24) is 19.9 Å². The first-order valence-electron chi connectivity index (χ1n) is 9.16. The van der Waals surface area contributed by atoms with Gasteiger partial charge in [-0.2, -0.15) is 4.98 Å². The van der Waals surface area contributed by atoms with Crippen molar-refractivity contribution in [3.05, 3.63) is 29.7 Å². The molecule has 2 fully saturated rings. The number of aryl methyl sites for hydroxylation is 2. The van der Waals surface area contributed by atoms with Gasteiger partial charge >= 0.3 is 0 Å². The Hall–Kier alpha value is -2.48. The number of hydrogen-bond acceptors (Lipinski definition) is 8. The van der Waals surface area contributed by atoms with Crippen LogP contribution < -0.4 is 14.7 Å². The lowest BCUT2D eigenvalue weighted by Gasteiger charge is -2.36. The van der Waals surface area contributed by atoms with Gasteiger partial charge in [0.1, 0.15) is 5.82 Å². The van der Waals surface area contributed by atoms with Gasteiger partial charge in [0.25, 0.3) is 0 Å². The Balaban J connectivity index is 1.45. The molecule has 2 aromatic heterocycles. The summed E-state index contributed by atoms with van der Waals surface area (Å²) in [6.07, 6.45) is 3.74. The van der Waals surface area contributed by atoms with Crippen LogP contribution >= 0.6 is 0 Å². The van der Waals surface area contributed by atoms with Crippen molar-refractivity contribution >= 4 is 17.7 Å². The summed E-state index contributed by atoms with van der Waals surface area (Å²) in [5.41, 5.74) is 2.08. The lowest BCUT2D eigenvalue weighted by atomic mass is 10.3. The van der Waals surface area contributed by atoms with Crippen LogP contribution in [-0.4, -0.2) is 72.4 Å². The molecular weight excluding hydrogens is 330 g/mol. The first-order chi connectivity index (χ1) is 12.7. The number of rotatable bonds is 3. The predicted octanol–water partition coefficient (Wildman–Crippen LogP) is 1.05. The average Bonchev–Trinajstić information content (AvgIpc) is 2.69. The Morgan fingerprint density at radius 1 is 0.769 bits per heavy atom. The highest BCUT2D eigenvalue weighted by atomic mass is 16.5. The molecule has 0 bridgehead atoms. The van der Waals surface area contributed by atoms with Gasteiger partial charge in [0.15, 0.2) is 0 Å². The molecule has 26 heavy (non-hydrogen) atoms. The molecular formula is C18H25N7O. The molecule has 0 atom stereocenters. The quantitative estimate of drug-likeness (QED) is 0.809. The lowest BCUT2D eigenvalue weighted by molar-refractivity contribution is 0.122. The maximum Gasteiger partial charge on any atom is 0.227 e. The highest BCUT2D eigenvalue weighted by Crippen LogP contribution is 2.20. The van der Waals surface area contributed by atoms with Crippen molar-refractivity contribution in [2.45, 2.75) is 13.8 Å². The molecule has 2 saturated heterocycles. The van der Waals surface area contributed by atoms with Gasteiger partial charge in [0.05, 0.1) is 13.2 Å². The summed E-state index contributed by atoms with van der Waals surface area (Å²) < 4.78 is 5.43. The van der Waals surface area contributed by atoms with Crippen molar-refractivity contribution in [3.8, 4) is 0 Å². The second-order valence-electron chi connectivity index (χ2n) is 6.80. The van der Waals surface area contributed by atoms with E-state index in [0.29, 0.717) is 0 Å². The molecule has 138 valence electrons. The fourth-order valence-electron chi connectivity index (χ4n) is 3.29. The second-order valence-corrected chi connectivity index (χ2v) is 6.80. The van der Waals surface area contributed by atoms with Crippen molar-refractivity contribution in [2.24, 2.45) is 0 Å². The SMILES string of the molecule is Cc1cnc(N2CCN(c3cc(C)nc(N4CCOCC4)n3)CC2)nc1. The van der Waals surface area contributed by atoms with Gasteiger partial charge in [-0.15, -0.1) is 0 Å². The van der Waals surface area contributed by atoms with Gasteiger partial charge < -0.3 is 19.4 Å². The molecule has 0 aliphatic carbocycles. The molecule has 8 nitrogen and oxygen atoms in total. The number of morpholine rings is 1. The minimum Gasteiger partial charge on any atom is -0.378 e. The number of nitrogens with zero attached hydrogens (tertiary/aromatic N) is 7.